The molecular formula is C22H23F3N4O2. The van der Waals surface area contributed by atoms with E-state index in [1.165, 1.54) is 13.2 Å². The molecule has 0 aliphatic carbocycles. The summed E-state index contributed by atoms with van der Waals surface area (Å²) in [6.45, 7) is 3.90. The highest BCUT2D eigenvalue weighted by molar-refractivity contribution is 5.94. The van der Waals surface area contributed by atoms with Crippen molar-refractivity contribution in [2.75, 3.05) is 7.11 Å². The maximum absolute atomic E-state index is 13.8. The second-order valence-corrected chi connectivity index (χ2v) is 7.89. The van der Waals surface area contributed by atoms with Gasteiger partial charge in [0, 0.05) is 23.7 Å². The van der Waals surface area contributed by atoms with Crippen molar-refractivity contribution < 1.29 is 22.7 Å². The minimum Gasteiger partial charge on any atom is -0.497 e. The highest BCUT2D eigenvalue weighted by Gasteiger charge is 2.37. The number of nitrogens with zero attached hydrogens (tertiary/aromatic N) is 4. The van der Waals surface area contributed by atoms with Crippen LogP contribution in [0, 0.1) is 0 Å². The SMILES string of the molecule is COc1ccc(-c2cc(C(F)(F)F)n3nc(C(=O)N4[C@H](C)CCC[C@@H]4C)cc3n2)cc1. The van der Waals surface area contributed by atoms with Gasteiger partial charge in [0.2, 0.25) is 0 Å². The number of carbonyl (C=O) groups is 1. The molecule has 1 aliphatic heterocycles. The molecule has 0 radical (unpaired) electrons. The summed E-state index contributed by atoms with van der Waals surface area (Å²) in [6.07, 6.45) is -1.93. The zero-order valence-electron chi connectivity index (χ0n) is 17.5. The number of halogens is 3. The van der Waals surface area contributed by atoms with Gasteiger partial charge in [-0.2, -0.15) is 18.3 Å². The average Bonchev–Trinajstić information content (AvgIpc) is 3.16. The number of benzene rings is 1. The van der Waals surface area contributed by atoms with Crippen LogP contribution in [0.15, 0.2) is 36.4 Å². The molecule has 6 nitrogen and oxygen atoms in total. The Balaban J connectivity index is 1.81. The molecule has 2 aromatic heterocycles. The maximum atomic E-state index is 13.8. The first-order valence-corrected chi connectivity index (χ1v) is 10.1. The zero-order chi connectivity index (χ0) is 22.3. The maximum Gasteiger partial charge on any atom is 0.433 e. The third kappa shape index (κ3) is 3.96. The summed E-state index contributed by atoms with van der Waals surface area (Å²) in [5, 5.41) is 4.01. The van der Waals surface area contributed by atoms with E-state index in [-0.39, 0.29) is 35.0 Å². The molecule has 1 fully saturated rings. The minimum atomic E-state index is -4.67. The average molecular weight is 432 g/mol. The van der Waals surface area contributed by atoms with Crippen molar-refractivity contribution in [1.29, 1.82) is 0 Å². The number of carbonyl (C=O) groups excluding carboxylic acids is 1. The number of piperidine rings is 1. The van der Waals surface area contributed by atoms with Crippen LogP contribution in [-0.4, -0.2) is 44.6 Å². The molecule has 1 aromatic carbocycles. The van der Waals surface area contributed by atoms with E-state index in [9.17, 15) is 18.0 Å². The minimum absolute atomic E-state index is 0.00553. The summed E-state index contributed by atoms with van der Waals surface area (Å²) in [4.78, 5) is 19.2. The van der Waals surface area contributed by atoms with Gasteiger partial charge in [-0.15, -0.1) is 0 Å². The fourth-order valence-electron chi connectivity index (χ4n) is 4.14. The van der Waals surface area contributed by atoms with Crippen molar-refractivity contribution in [3.05, 3.63) is 47.8 Å². The molecule has 3 aromatic rings. The van der Waals surface area contributed by atoms with Crippen LogP contribution in [0.4, 0.5) is 13.2 Å². The summed E-state index contributed by atoms with van der Waals surface area (Å²) < 4.78 is 47.3. The third-order valence-corrected chi connectivity index (χ3v) is 5.75. The molecule has 4 rings (SSSR count). The van der Waals surface area contributed by atoms with Crippen molar-refractivity contribution >= 4 is 11.6 Å². The molecule has 1 aliphatic rings. The Morgan fingerprint density at radius 3 is 2.32 bits per heavy atom. The molecule has 31 heavy (non-hydrogen) atoms. The molecule has 1 amide bonds. The Kier molecular flexibility index (Phi) is 5.36. The third-order valence-electron chi connectivity index (χ3n) is 5.75. The van der Waals surface area contributed by atoms with Crippen molar-refractivity contribution in [3.63, 3.8) is 0 Å². The number of rotatable bonds is 3. The second-order valence-electron chi connectivity index (χ2n) is 7.89. The molecule has 164 valence electrons. The Bertz CT molecular complexity index is 1100. The predicted molar refractivity (Wildman–Crippen MR) is 109 cm³/mol. The fraction of sp³-hybridized carbons (Fsp3) is 0.409. The van der Waals surface area contributed by atoms with Crippen molar-refractivity contribution in [1.82, 2.24) is 19.5 Å². The largest absolute Gasteiger partial charge is 0.497 e. The van der Waals surface area contributed by atoms with Crippen molar-refractivity contribution in [2.45, 2.75) is 51.4 Å². The van der Waals surface area contributed by atoms with Gasteiger partial charge in [-0.1, -0.05) is 0 Å². The molecular weight excluding hydrogens is 409 g/mol. The van der Waals surface area contributed by atoms with E-state index in [1.807, 2.05) is 13.8 Å². The van der Waals surface area contributed by atoms with E-state index in [4.69, 9.17) is 4.74 Å². The number of hydrogen-bond acceptors (Lipinski definition) is 4. The van der Waals surface area contributed by atoms with Gasteiger partial charge in [0.25, 0.3) is 5.91 Å². The van der Waals surface area contributed by atoms with Crippen LogP contribution in [0.2, 0.25) is 0 Å². The highest BCUT2D eigenvalue weighted by atomic mass is 19.4. The molecule has 2 atom stereocenters. The van der Waals surface area contributed by atoms with Gasteiger partial charge in [-0.3, -0.25) is 4.79 Å². The summed E-state index contributed by atoms with van der Waals surface area (Å²) in [7, 11) is 1.51. The van der Waals surface area contributed by atoms with Crippen LogP contribution in [-0.2, 0) is 6.18 Å². The highest BCUT2D eigenvalue weighted by Crippen LogP contribution is 2.33. The first-order valence-electron chi connectivity index (χ1n) is 10.1. The van der Waals surface area contributed by atoms with E-state index in [2.05, 4.69) is 10.1 Å². The van der Waals surface area contributed by atoms with E-state index >= 15 is 0 Å². The Hall–Kier alpha value is -3.10. The standard InChI is InChI=1S/C22H23F3N4O2/c1-13-5-4-6-14(2)28(13)21(30)18-12-20-26-17(15-7-9-16(31-3)10-8-15)11-19(22(23,24)25)29(20)27-18/h7-14H,4-6H2,1-3H3/t13-,14+. The number of alkyl halides is 3. The van der Waals surface area contributed by atoms with Gasteiger partial charge in [-0.05, 0) is 63.4 Å². The number of aromatic nitrogens is 3. The number of hydrogen-bond donors (Lipinski definition) is 0. The first kappa shape index (κ1) is 21.1. The first-order chi connectivity index (χ1) is 14.7. The van der Waals surface area contributed by atoms with E-state index in [1.54, 1.807) is 29.2 Å². The summed E-state index contributed by atoms with van der Waals surface area (Å²) >= 11 is 0. The number of amides is 1. The van der Waals surface area contributed by atoms with Crippen molar-refractivity contribution in [3.8, 4) is 17.0 Å². The molecule has 1 saturated heterocycles. The topological polar surface area (TPSA) is 59.7 Å². The van der Waals surface area contributed by atoms with Crippen LogP contribution in [0.25, 0.3) is 16.9 Å². The van der Waals surface area contributed by atoms with Gasteiger partial charge in [-0.25, -0.2) is 9.50 Å². The normalized spacial score (nSPS) is 19.6. The summed E-state index contributed by atoms with van der Waals surface area (Å²) in [5.74, 6) is 0.215. The van der Waals surface area contributed by atoms with E-state index < -0.39 is 11.9 Å². The Morgan fingerprint density at radius 2 is 1.74 bits per heavy atom. The fourth-order valence-corrected chi connectivity index (χ4v) is 4.14. The van der Waals surface area contributed by atoms with Crippen molar-refractivity contribution in [2.24, 2.45) is 0 Å². The van der Waals surface area contributed by atoms with E-state index in [0.717, 1.165) is 25.3 Å². The monoisotopic (exact) mass is 432 g/mol. The summed E-state index contributed by atoms with van der Waals surface area (Å²) in [5.41, 5.74) is -0.406. The number of likely N-dealkylation sites (tertiary alicyclic amines) is 1. The molecule has 0 bridgehead atoms. The summed E-state index contributed by atoms with van der Waals surface area (Å²) in [6, 6.07) is 8.87. The van der Waals surface area contributed by atoms with Gasteiger partial charge >= 0.3 is 6.18 Å². The molecule has 0 spiro atoms. The number of fused-ring (bicyclic) bond motifs is 1. The molecule has 0 N–H and O–H groups in total. The molecule has 3 heterocycles. The Morgan fingerprint density at radius 1 is 1.10 bits per heavy atom. The lowest BCUT2D eigenvalue weighted by molar-refractivity contribution is -0.142. The van der Waals surface area contributed by atoms with Crippen LogP contribution in [0.5, 0.6) is 5.75 Å². The second kappa shape index (κ2) is 7.86. The van der Waals surface area contributed by atoms with Crippen LogP contribution in [0.1, 0.15) is 49.3 Å². The Labute approximate surface area is 177 Å². The smallest absolute Gasteiger partial charge is 0.433 e. The zero-order valence-corrected chi connectivity index (χ0v) is 17.5. The molecule has 0 unspecified atom stereocenters. The molecule has 0 saturated carbocycles. The van der Waals surface area contributed by atoms with Crippen LogP contribution in [0.3, 0.4) is 0 Å². The van der Waals surface area contributed by atoms with Gasteiger partial charge in [0.05, 0.1) is 12.8 Å². The van der Waals surface area contributed by atoms with Crippen LogP contribution < -0.4 is 4.74 Å². The quantitative estimate of drug-likeness (QED) is 0.595. The number of methoxy groups -OCH3 is 1. The predicted octanol–water partition coefficient (Wildman–Crippen LogP) is 4.83. The lowest BCUT2D eigenvalue weighted by Crippen LogP contribution is -2.47. The van der Waals surface area contributed by atoms with Gasteiger partial charge < -0.3 is 9.64 Å². The van der Waals surface area contributed by atoms with E-state index in [0.29, 0.717) is 15.8 Å². The van der Waals surface area contributed by atoms with Crippen LogP contribution >= 0.6 is 0 Å². The lowest BCUT2D eigenvalue weighted by atomic mass is 9.97. The van der Waals surface area contributed by atoms with Gasteiger partial charge in [0.1, 0.15) is 5.75 Å². The molecule has 9 heteroatoms. The van der Waals surface area contributed by atoms with Gasteiger partial charge in [0.15, 0.2) is 17.0 Å². The number of ether oxygens (including phenoxy) is 1. The lowest BCUT2D eigenvalue weighted by Gasteiger charge is -2.38.